The first kappa shape index (κ1) is 15.9. The van der Waals surface area contributed by atoms with Crippen molar-refractivity contribution in [2.24, 2.45) is 7.05 Å². The summed E-state index contributed by atoms with van der Waals surface area (Å²) < 4.78 is 1.80. The summed E-state index contributed by atoms with van der Waals surface area (Å²) in [5, 5.41) is 11.2. The van der Waals surface area contributed by atoms with Gasteiger partial charge in [0.05, 0.1) is 5.52 Å². The summed E-state index contributed by atoms with van der Waals surface area (Å²) in [6.45, 7) is 5.47. The van der Waals surface area contributed by atoms with Crippen molar-refractivity contribution in [1.82, 2.24) is 20.4 Å². The summed E-state index contributed by atoms with van der Waals surface area (Å²) >= 11 is 0. The third kappa shape index (κ3) is 2.72. The molecule has 4 rings (SSSR count). The van der Waals surface area contributed by atoms with E-state index in [4.69, 9.17) is 0 Å². The van der Waals surface area contributed by atoms with Crippen LogP contribution in [-0.2, 0) is 11.8 Å². The van der Waals surface area contributed by atoms with Crippen LogP contribution in [0.5, 0.6) is 0 Å². The number of imide groups is 1. The number of rotatable bonds is 2. The molecule has 0 saturated carbocycles. The van der Waals surface area contributed by atoms with Crippen LogP contribution in [0.2, 0.25) is 0 Å². The molecule has 2 fully saturated rings. The molecule has 2 aromatic rings. The van der Waals surface area contributed by atoms with Crippen molar-refractivity contribution in [2.45, 2.75) is 19.4 Å². The molecule has 0 aliphatic carbocycles. The number of nitrogens with zero attached hydrogens (tertiary/aromatic N) is 4. The molecule has 25 heavy (non-hydrogen) atoms. The quantitative estimate of drug-likeness (QED) is 0.844. The Kier molecular flexibility index (Phi) is 3.84. The highest BCUT2D eigenvalue weighted by Gasteiger charge is 2.28. The van der Waals surface area contributed by atoms with E-state index in [1.165, 1.54) is 4.90 Å². The van der Waals surface area contributed by atoms with Crippen molar-refractivity contribution < 1.29 is 9.59 Å². The number of carbonyl (C=O) groups excluding carboxylic acids is 2. The largest absolute Gasteiger partial charge is 0.366 e. The first-order valence-electron chi connectivity index (χ1n) is 8.60. The first-order valence-corrected chi connectivity index (χ1v) is 8.60. The van der Waals surface area contributed by atoms with Crippen LogP contribution in [0.25, 0.3) is 10.9 Å². The Morgan fingerprint density at radius 3 is 2.84 bits per heavy atom. The summed E-state index contributed by atoms with van der Waals surface area (Å²) in [7, 11) is 1.88. The molecule has 8 nitrogen and oxygen atoms in total. The number of fused-ring (bicyclic) bond motifs is 1. The van der Waals surface area contributed by atoms with Gasteiger partial charge in [-0.3, -0.25) is 19.7 Å². The van der Waals surface area contributed by atoms with Gasteiger partial charge in [0.15, 0.2) is 5.82 Å². The van der Waals surface area contributed by atoms with Gasteiger partial charge in [-0.25, -0.2) is 4.79 Å². The second-order valence-electron chi connectivity index (χ2n) is 6.65. The Balaban J connectivity index is 1.71. The number of aryl methyl sites for hydroxylation is 1. The van der Waals surface area contributed by atoms with Gasteiger partial charge >= 0.3 is 6.03 Å². The monoisotopic (exact) mass is 342 g/mol. The number of nitrogens with one attached hydrogen (secondary N) is 2. The average Bonchev–Trinajstić information content (AvgIpc) is 2.91. The molecular weight excluding hydrogens is 320 g/mol. The van der Waals surface area contributed by atoms with Gasteiger partial charge in [0.2, 0.25) is 5.91 Å². The summed E-state index contributed by atoms with van der Waals surface area (Å²) in [6, 6.07) is 6.25. The topological polar surface area (TPSA) is 82.5 Å². The van der Waals surface area contributed by atoms with Gasteiger partial charge < -0.3 is 10.2 Å². The minimum absolute atomic E-state index is 0.239. The van der Waals surface area contributed by atoms with Gasteiger partial charge in [-0.15, -0.1) is 0 Å². The normalized spacial score (nSPS) is 21.8. The van der Waals surface area contributed by atoms with Crippen molar-refractivity contribution in [2.75, 3.05) is 36.0 Å². The van der Waals surface area contributed by atoms with Gasteiger partial charge in [-0.1, -0.05) is 0 Å². The van der Waals surface area contributed by atoms with Crippen LogP contribution in [-0.4, -0.2) is 53.9 Å². The van der Waals surface area contributed by atoms with Crippen LogP contribution in [0.15, 0.2) is 18.2 Å². The van der Waals surface area contributed by atoms with Crippen LogP contribution in [0.3, 0.4) is 0 Å². The van der Waals surface area contributed by atoms with E-state index in [1.807, 2.05) is 13.1 Å². The van der Waals surface area contributed by atoms with Crippen molar-refractivity contribution in [3.8, 4) is 0 Å². The maximum atomic E-state index is 12.1. The summed E-state index contributed by atoms with van der Waals surface area (Å²) in [5.41, 5.74) is 2.14. The van der Waals surface area contributed by atoms with E-state index in [0.29, 0.717) is 24.8 Å². The Hall–Kier alpha value is -2.61. The lowest BCUT2D eigenvalue weighted by Crippen LogP contribution is -2.50. The number of hydrogen-bond acceptors (Lipinski definition) is 5. The van der Waals surface area contributed by atoms with E-state index in [2.05, 4.69) is 39.7 Å². The molecule has 2 saturated heterocycles. The Morgan fingerprint density at radius 2 is 2.08 bits per heavy atom. The summed E-state index contributed by atoms with van der Waals surface area (Å²) in [5.74, 6) is 0.360. The van der Waals surface area contributed by atoms with Crippen molar-refractivity contribution in [3.05, 3.63) is 18.2 Å². The predicted octanol–water partition coefficient (Wildman–Crippen LogP) is 0.818. The molecule has 0 bridgehead atoms. The highest BCUT2D eigenvalue weighted by Crippen LogP contribution is 2.31. The highest BCUT2D eigenvalue weighted by atomic mass is 16.2. The molecule has 2 aliphatic rings. The number of hydrogen-bond donors (Lipinski definition) is 2. The number of aromatic nitrogens is 2. The molecule has 3 amide bonds. The van der Waals surface area contributed by atoms with Gasteiger partial charge in [0.25, 0.3) is 0 Å². The number of amides is 3. The van der Waals surface area contributed by atoms with Crippen LogP contribution in [0.1, 0.15) is 13.3 Å². The molecule has 0 unspecified atom stereocenters. The van der Waals surface area contributed by atoms with Crippen LogP contribution < -0.4 is 20.4 Å². The van der Waals surface area contributed by atoms with E-state index in [0.717, 1.165) is 36.2 Å². The van der Waals surface area contributed by atoms with Crippen molar-refractivity contribution >= 4 is 34.3 Å². The SMILES string of the molecule is C[C@@H]1CNCCN1c1ccc2c(N3CCC(=O)NC3=O)nn(C)c2c1. The lowest BCUT2D eigenvalue weighted by molar-refractivity contribution is -0.120. The van der Waals surface area contributed by atoms with E-state index in [1.54, 1.807) is 4.68 Å². The van der Waals surface area contributed by atoms with Crippen LogP contribution in [0, 0.1) is 0 Å². The van der Waals surface area contributed by atoms with Gasteiger partial charge in [-0.05, 0) is 25.1 Å². The molecule has 0 spiro atoms. The molecule has 132 valence electrons. The Bertz CT molecular complexity index is 845. The molecule has 1 aromatic heterocycles. The highest BCUT2D eigenvalue weighted by molar-refractivity contribution is 6.09. The molecular formula is C17H22N6O2. The van der Waals surface area contributed by atoms with E-state index >= 15 is 0 Å². The standard InChI is InChI=1S/C17H22N6O2/c1-11-10-18-6-8-22(11)12-3-4-13-14(9-12)21(2)20-16(13)23-7-5-15(24)19-17(23)25/h3-4,9,11,18H,5-8,10H2,1-2H3,(H,19,24,25)/t11-/m1/s1. The zero-order valence-electron chi connectivity index (χ0n) is 14.5. The third-order valence-electron chi connectivity index (χ3n) is 4.96. The lowest BCUT2D eigenvalue weighted by Gasteiger charge is -2.36. The fraction of sp³-hybridized carbons (Fsp3) is 0.471. The molecule has 2 aliphatic heterocycles. The Labute approximate surface area is 145 Å². The predicted molar refractivity (Wildman–Crippen MR) is 95.9 cm³/mol. The lowest BCUT2D eigenvalue weighted by atomic mass is 10.1. The van der Waals surface area contributed by atoms with Gasteiger partial charge in [0.1, 0.15) is 0 Å². The molecule has 1 atom stereocenters. The summed E-state index contributed by atoms with van der Waals surface area (Å²) in [6.07, 6.45) is 0.292. The van der Waals surface area contributed by atoms with Crippen LogP contribution >= 0.6 is 0 Å². The number of piperazine rings is 1. The average molecular weight is 342 g/mol. The van der Waals surface area contributed by atoms with Gasteiger partial charge in [0, 0.05) is 56.8 Å². The van der Waals surface area contributed by atoms with E-state index < -0.39 is 6.03 Å². The van der Waals surface area contributed by atoms with Crippen LogP contribution in [0.4, 0.5) is 16.3 Å². The fourth-order valence-electron chi connectivity index (χ4n) is 3.60. The third-order valence-corrected chi connectivity index (χ3v) is 4.96. The number of benzene rings is 1. The zero-order chi connectivity index (χ0) is 17.6. The minimum atomic E-state index is -0.406. The van der Waals surface area contributed by atoms with E-state index in [-0.39, 0.29) is 5.91 Å². The van der Waals surface area contributed by atoms with Gasteiger partial charge in [-0.2, -0.15) is 5.10 Å². The number of carbonyl (C=O) groups is 2. The maximum Gasteiger partial charge on any atom is 0.329 e. The fourth-order valence-corrected chi connectivity index (χ4v) is 3.60. The second-order valence-corrected chi connectivity index (χ2v) is 6.65. The molecule has 2 N–H and O–H groups in total. The zero-order valence-corrected chi connectivity index (χ0v) is 14.5. The van der Waals surface area contributed by atoms with Crippen molar-refractivity contribution in [3.63, 3.8) is 0 Å². The Morgan fingerprint density at radius 1 is 1.24 bits per heavy atom. The number of anilines is 2. The summed E-state index contributed by atoms with van der Waals surface area (Å²) in [4.78, 5) is 27.4. The second kappa shape index (κ2) is 6.03. The smallest absolute Gasteiger partial charge is 0.329 e. The number of urea groups is 1. The molecule has 1 aromatic carbocycles. The molecule has 3 heterocycles. The maximum absolute atomic E-state index is 12.1. The minimum Gasteiger partial charge on any atom is -0.366 e. The molecule has 8 heteroatoms. The van der Waals surface area contributed by atoms with E-state index in [9.17, 15) is 9.59 Å². The van der Waals surface area contributed by atoms with Crippen molar-refractivity contribution in [1.29, 1.82) is 0 Å². The first-order chi connectivity index (χ1) is 12.0. The molecule has 0 radical (unpaired) electrons.